The van der Waals surface area contributed by atoms with Gasteiger partial charge in [-0.15, -0.1) is 0 Å². The molecule has 0 aliphatic heterocycles. The van der Waals surface area contributed by atoms with Crippen molar-refractivity contribution in [2.45, 2.75) is 6.92 Å². The zero-order valence-corrected chi connectivity index (χ0v) is 10.7. The van der Waals surface area contributed by atoms with Gasteiger partial charge in [0.05, 0.1) is 6.20 Å². The summed E-state index contributed by atoms with van der Waals surface area (Å²) in [7, 11) is 0. The Bertz CT molecular complexity index is 575. The molecule has 0 atom stereocenters. The van der Waals surface area contributed by atoms with Crippen molar-refractivity contribution in [3.8, 4) is 11.1 Å². The third-order valence-corrected chi connectivity index (χ3v) is 2.50. The van der Waals surface area contributed by atoms with E-state index in [-0.39, 0.29) is 6.03 Å². The largest absolute Gasteiger partial charge is 0.334 e. The molecule has 0 aliphatic rings. The number of carbonyl (C=O) groups excluding carboxylic acids is 1. The highest BCUT2D eigenvalue weighted by Crippen LogP contribution is 2.21. The van der Waals surface area contributed by atoms with Crippen LogP contribution in [-0.2, 0) is 0 Å². The number of benzene rings is 1. The maximum atomic E-state index is 11.6. The molecule has 19 heavy (non-hydrogen) atoms. The van der Waals surface area contributed by atoms with Gasteiger partial charge in [0, 0.05) is 24.0 Å². The van der Waals surface area contributed by atoms with Gasteiger partial charge in [0.15, 0.2) is 0 Å². The number of aromatic amines is 1. The molecule has 98 valence electrons. The van der Waals surface area contributed by atoms with Crippen molar-refractivity contribution in [2.24, 2.45) is 0 Å². The lowest BCUT2D eigenvalue weighted by molar-refractivity contribution is 0.253. The van der Waals surface area contributed by atoms with Gasteiger partial charge < -0.3 is 10.6 Å². The summed E-state index contributed by atoms with van der Waals surface area (Å²) in [6.45, 7) is 6.06. The normalized spacial score (nSPS) is 9.95. The summed E-state index contributed by atoms with van der Waals surface area (Å²) in [5.41, 5.74) is 3.61. The van der Waals surface area contributed by atoms with E-state index in [1.54, 1.807) is 12.4 Å². The molecule has 5 nitrogen and oxygen atoms in total. The van der Waals surface area contributed by atoms with Crippen LogP contribution in [0.15, 0.2) is 48.8 Å². The van der Waals surface area contributed by atoms with E-state index in [9.17, 15) is 4.79 Å². The average molecular weight is 256 g/mol. The third kappa shape index (κ3) is 3.70. The number of urea groups is 1. The highest BCUT2D eigenvalue weighted by Gasteiger charge is 2.03. The van der Waals surface area contributed by atoms with E-state index in [0.717, 1.165) is 22.4 Å². The molecule has 3 N–H and O–H groups in total. The molecule has 2 amide bonds. The van der Waals surface area contributed by atoms with Crippen LogP contribution in [-0.4, -0.2) is 22.8 Å². The molecule has 2 rings (SSSR count). The first-order chi connectivity index (χ1) is 9.15. The minimum atomic E-state index is -0.243. The summed E-state index contributed by atoms with van der Waals surface area (Å²) < 4.78 is 0. The zero-order valence-electron chi connectivity index (χ0n) is 10.7. The Kier molecular flexibility index (Phi) is 3.97. The van der Waals surface area contributed by atoms with Gasteiger partial charge >= 0.3 is 6.03 Å². The number of nitrogens with zero attached hydrogens (tertiary/aromatic N) is 1. The van der Waals surface area contributed by atoms with Crippen molar-refractivity contribution < 1.29 is 4.79 Å². The lowest BCUT2D eigenvalue weighted by atomic mass is 10.1. The first-order valence-electron chi connectivity index (χ1n) is 5.93. The number of nitrogens with one attached hydrogen (secondary N) is 3. The van der Waals surface area contributed by atoms with Crippen LogP contribution in [0.1, 0.15) is 6.92 Å². The summed E-state index contributed by atoms with van der Waals surface area (Å²) in [6, 6.07) is 7.33. The molecule has 0 radical (unpaired) electrons. The van der Waals surface area contributed by atoms with Crippen LogP contribution in [0, 0.1) is 0 Å². The molecular weight excluding hydrogens is 240 g/mol. The summed E-state index contributed by atoms with van der Waals surface area (Å²) >= 11 is 0. The van der Waals surface area contributed by atoms with E-state index in [1.165, 1.54) is 0 Å². The Balaban J connectivity index is 2.03. The quantitative estimate of drug-likeness (QED) is 0.736. The van der Waals surface area contributed by atoms with Gasteiger partial charge in [-0.3, -0.25) is 5.10 Å². The smallest absolute Gasteiger partial charge is 0.319 e. The number of H-pyrrole nitrogens is 1. The molecule has 1 aromatic heterocycles. The highest BCUT2D eigenvalue weighted by atomic mass is 16.2. The molecule has 0 fully saturated rings. The Labute approximate surface area is 111 Å². The van der Waals surface area contributed by atoms with E-state index < -0.39 is 0 Å². The van der Waals surface area contributed by atoms with Crippen molar-refractivity contribution >= 4 is 11.7 Å². The predicted molar refractivity (Wildman–Crippen MR) is 75.9 cm³/mol. The fourth-order valence-corrected chi connectivity index (χ4v) is 1.59. The number of rotatable bonds is 4. The molecule has 0 aliphatic carbocycles. The van der Waals surface area contributed by atoms with Crippen LogP contribution in [0.4, 0.5) is 10.5 Å². The van der Waals surface area contributed by atoms with Crippen LogP contribution in [0.3, 0.4) is 0 Å². The average Bonchev–Trinajstić information content (AvgIpc) is 2.90. The van der Waals surface area contributed by atoms with Crippen molar-refractivity contribution in [3.63, 3.8) is 0 Å². The molecular formula is C14H16N4O. The summed E-state index contributed by atoms with van der Waals surface area (Å²) in [6.07, 6.45) is 3.54. The number of hydrogen-bond acceptors (Lipinski definition) is 2. The van der Waals surface area contributed by atoms with Gasteiger partial charge in [-0.05, 0) is 24.6 Å². The van der Waals surface area contributed by atoms with E-state index in [0.29, 0.717) is 6.54 Å². The molecule has 0 saturated carbocycles. The molecule has 0 spiro atoms. The van der Waals surface area contributed by atoms with Crippen molar-refractivity contribution in [1.82, 2.24) is 15.5 Å². The second kappa shape index (κ2) is 5.86. The molecule has 0 saturated heterocycles. The molecule has 2 aromatic rings. The standard InChI is InChI=1S/C14H16N4O/c1-10(2)7-15-14(19)18-13-5-3-4-11(6-13)12-8-16-17-9-12/h3-6,8-9H,1,7H2,2H3,(H,16,17)(H2,15,18,19). The van der Waals surface area contributed by atoms with Crippen LogP contribution in [0.5, 0.6) is 0 Å². The fraction of sp³-hybridized carbons (Fsp3) is 0.143. The minimum absolute atomic E-state index is 0.243. The number of anilines is 1. The van der Waals surface area contributed by atoms with Crippen LogP contribution >= 0.6 is 0 Å². The fourth-order valence-electron chi connectivity index (χ4n) is 1.59. The van der Waals surface area contributed by atoms with Crippen LogP contribution in [0.2, 0.25) is 0 Å². The molecule has 1 aromatic carbocycles. The lowest BCUT2D eigenvalue weighted by Crippen LogP contribution is -2.29. The Hall–Kier alpha value is -2.56. The predicted octanol–water partition coefficient (Wildman–Crippen LogP) is 2.77. The topological polar surface area (TPSA) is 69.8 Å². The Morgan fingerprint density at radius 1 is 1.42 bits per heavy atom. The third-order valence-electron chi connectivity index (χ3n) is 2.50. The van der Waals surface area contributed by atoms with Gasteiger partial charge in [-0.2, -0.15) is 5.10 Å². The summed E-state index contributed by atoms with van der Waals surface area (Å²) in [5.74, 6) is 0. The van der Waals surface area contributed by atoms with Gasteiger partial charge in [-0.25, -0.2) is 4.79 Å². The first kappa shape index (κ1) is 12.9. The molecule has 0 unspecified atom stereocenters. The molecule has 5 heteroatoms. The van der Waals surface area contributed by atoms with E-state index in [4.69, 9.17) is 0 Å². The van der Waals surface area contributed by atoms with Crippen molar-refractivity contribution in [3.05, 3.63) is 48.8 Å². The second-order valence-electron chi connectivity index (χ2n) is 4.33. The number of aromatic nitrogens is 2. The lowest BCUT2D eigenvalue weighted by Gasteiger charge is -2.08. The number of amides is 2. The molecule has 0 bridgehead atoms. The Morgan fingerprint density at radius 2 is 2.26 bits per heavy atom. The van der Waals surface area contributed by atoms with Gasteiger partial charge in [0.2, 0.25) is 0 Å². The molecule has 1 heterocycles. The summed E-state index contributed by atoms with van der Waals surface area (Å²) in [4.78, 5) is 11.6. The zero-order chi connectivity index (χ0) is 13.7. The maximum absolute atomic E-state index is 11.6. The SMILES string of the molecule is C=C(C)CNC(=O)Nc1cccc(-c2cn[nH]c2)c1. The van der Waals surface area contributed by atoms with E-state index >= 15 is 0 Å². The second-order valence-corrected chi connectivity index (χ2v) is 4.33. The van der Waals surface area contributed by atoms with E-state index in [1.807, 2.05) is 31.2 Å². The van der Waals surface area contributed by atoms with Crippen molar-refractivity contribution in [2.75, 3.05) is 11.9 Å². The number of carbonyl (C=O) groups is 1. The van der Waals surface area contributed by atoms with Crippen LogP contribution < -0.4 is 10.6 Å². The maximum Gasteiger partial charge on any atom is 0.319 e. The van der Waals surface area contributed by atoms with Gasteiger partial charge in [0.1, 0.15) is 0 Å². The van der Waals surface area contributed by atoms with Crippen molar-refractivity contribution in [1.29, 1.82) is 0 Å². The summed E-state index contributed by atoms with van der Waals surface area (Å²) in [5, 5.41) is 12.2. The monoisotopic (exact) mass is 256 g/mol. The number of hydrogen-bond donors (Lipinski definition) is 3. The van der Waals surface area contributed by atoms with Gasteiger partial charge in [-0.1, -0.05) is 24.3 Å². The van der Waals surface area contributed by atoms with Gasteiger partial charge in [0.25, 0.3) is 0 Å². The minimum Gasteiger partial charge on any atom is -0.334 e. The Morgan fingerprint density at radius 3 is 2.95 bits per heavy atom. The van der Waals surface area contributed by atoms with Crippen LogP contribution in [0.25, 0.3) is 11.1 Å². The van der Waals surface area contributed by atoms with E-state index in [2.05, 4.69) is 27.4 Å². The highest BCUT2D eigenvalue weighted by molar-refractivity contribution is 5.90. The first-order valence-corrected chi connectivity index (χ1v) is 5.93.